The Hall–Kier alpha value is -1.69. The van der Waals surface area contributed by atoms with Gasteiger partial charge in [0.1, 0.15) is 5.60 Å². The molecule has 118 valence electrons. The molecule has 2 rings (SSSR count). The summed E-state index contributed by atoms with van der Waals surface area (Å²) < 4.78 is 26.6. The van der Waals surface area contributed by atoms with Crippen LogP contribution >= 0.6 is 0 Å². The van der Waals surface area contributed by atoms with Crippen molar-refractivity contribution >= 4 is 10.0 Å². The van der Waals surface area contributed by atoms with Crippen molar-refractivity contribution in [1.29, 1.82) is 0 Å². The molecule has 5 heteroatoms. The fraction of sp³-hybridized carbons (Fsp3) is 0.294. The number of nitrogens with one attached hydrogen (secondary N) is 1. The molecule has 2 aromatic rings. The van der Waals surface area contributed by atoms with Crippen LogP contribution < -0.4 is 4.72 Å². The van der Waals surface area contributed by atoms with Crippen molar-refractivity contribution in [2.75, 3.05) is 12.3 Å². The minimum absolute atomic E-state index is 0.00187. The predicted molar refractivity (Wildman–Crippen MR) is 87.9 cm³/mol. The molecule has 0 fully saturated rings. The topological polar surface area (TPSA) is 66.4 Å². The lowest BCUT2D eigenvalue weighted by Gasteiger charge is -2.24. The molecule has 0 aliphatic carbocycles. The summed E-state index contributed by atoms with van der Waals surface area (Å²) in [6.45, 7) is 1.55. The van der Waals surface area contributed by atoms with Gasteiger partial charge in [0.15, 0.2) is 0 Å². The normalized spacial score (nSPS) is 14.5. The largest absolute Gasteiger partial charge is 0.384 e. The van der Waals surface area contributed by atoms with Gasteiger partial charge in [0.25, 0.3) is 0 Å². The third-order valence-corrected chi connectivity index (χ3v) is 4.86. The highest BCUT2D eigenvalue weighted by molar-refractivity contribution is 7.89. The summed E-state index contributed by atoms with van der Waals surface area (Å²) in [6.07, 6.45) is 0.448. The van der Waals surface area contributed by atoms with Gasteiger partial charge in [0.05, 0.1) is 5.75 Å². The molecule has 0 unspecified atom stereocenters. The first-order valence-electron chi connectivity index (χ1n) is 7.18. The summed E-state index contributed by atoms with van der Waals surface area (Å²) in [6, 6.07) is 18.5. The Morgan fingerprint density at radius 1 is 1.00 bits per heavy atom. The Balaban J connectivity index is 1.92. The lowest BCUT2D eigenvalue weighted by molar-refractivity contribution is 0.0627. The first kappa shape index (κ1) is 16.7. The third-order valence-electron chi connectivity index (χ3n) is 3.53. The number of aliphatic hydroxyl groups is 1. The molecule has 0 saturated heterocycles. The highest BCUT2D eigenvalue weighted by Gasteiger charge is 2.25. The maximum absolute atomic E-state index is 12.1. The van der Waals surface area contributed by atoms with E-state index < -0.39 is 15.6 Å². The fourth-order valence-electron chi connectivity index (χ4n) is 2.12. The van der Waals surface area contributed by atoms with E-state index in [4.69, 9.17) is 0 Å². The van der Waals surface area contributed by atoms with Gasteiger partial charge in [-0.3, -0.25) is 0 Å². The van der Waals surface area contributed by atoms with Gasteiger partial charge in [-0.15, -0.1) is 0 Å². The standard InChI is InChI=1S/C17H21NO3S/c1-17(19,16-10-6-3-7-11-16)14-18-22(20,21)13-12-15-8-4-2-5-9-15/h2-11,18-19H,12-14H2,1H3/t17-/m1/s1. The second-order valence-corrected chi connectivity index (χ2v) is 7.44. The molecule has 0 bridgehead atoms. The first-order chi connectivity index (χ1) is 10.4. The van der Waals surface area contributed by atoms with Crippen LogP contribution in [0.1, 0.15) is 18.1 Å². The Labute approximate surface area is 131 Å². The molecule has 0 spiro atoms. The van der Waals surface area contributed by atoms with E-state index in [1.807, 2.05) is 48.5 Å². The number of benzene rings is 2. The molecule has 0 amide bonds. The SMILES string of the molecule is C[C@@](O)(CNS(=O)(=O)CCc1ccccc1)c1ccccc1. The van der Waals surface area contributed by atoms with Gasteiger partial charge in [-0.25, -0.2) is 13.1 Å². The maximum Gasteiger partial charge on any atom is 0.212 e. The summed E-state index contributed by atoms with van der Waals surface area (Å²) in [4.78, 5) is 0. The average molecular weight is 319 g/mol. The summed E-state index contributed by atoms with van der Waals surface area (Å²) in [5.74, 6) is 0.00187. The molecular weight excluding hydrogens is 298 g/mol. The van der Waals surface area contributed by atoms with Crippen molar-refractivity contribution in [1.82, 2.24) is 4.72 Å². The number of hydrogen-bond donors (Lipinski definition) is 2. The van der Waals surface area contributed by atoms with Crippen molar-refractivity contribution in [3.63, 3.8) is 0 Å². The number of aryl methyl sites for hydroxylation is 1. The van der Waals surface area contributed by atoms with E-state index in [0.29, 0.717) is 12.0 Å². The van der Waals surface area contributed by atoms with E-state index in [0.717, 1.165) is 5.56 Å². The van der Waals surface area contributed by atoms with Crippen molar-refractivity contribution in [2.24, 2.45) is 0 Å². The quantitative estimate of drug-likeness (QED) is 0.821. The zero-order chi connectivity index (χ0) is 16.1. The molecule has 0 saturated carbocycles. The van der Waals surface area contributed by atoms with Gasteiger partial charge in [-0.1, -0.05) is 60.7 Å². The molecule has 0 aliphatic heterocycles. The van der Waals surface area contributed by atoms with Gasteiger partial charge >= 0.3 is 0 Å². The van der Waals surface area contributed by atoms with Crippen molar-refractivity contribution in [2.45, 2.75) is 18.9 Å². The zero-order valence-corrected chi connectivity index (χ0v) is 13.4. The van der Waals surface area contributed by atoms with Crippen LogP contribution in [0.4, 0.5) is 0 Å². The summed E-state index contributed by atoms with van der Waals surface area (Å²) in [5.41, 5.74) is 0.421. The zero-order valence-electron chi connectivity index (χ0n) is 12.6. The Kier molecular flexibility index (Phi) is 5.34. The second kappa shape index (κ2) is 7.05. The van der Waals surface area contributed by atoms with Crippen LogP contribution in [0.25, 0.3) is 0 Å². The van der Waals surface area contributed by atoms with E-state index in [1.54, 1.807) is 19.1 Å². The molecule has 0 heterocycles. The molecule has 0 aromatic heterocycles. The number of hydrogen-bond acceptors (Lipinski definition) is 3. The Bertz CT molecular complexity index is 682. The van der Waals surface area contributed by atoms with Gasteiger partial charge < -0.3 is 5.11 Å². The molecule has 0 aliphatic rings. The summed E-state index contributed by atoms with van der Waals surface area (Å²) in [5, 5.41) is 10.4. The summed E-state index contributed by atoms with van der Waals surface area (Å²) in [7, 11) is -3.43. The Morgan fingerprint density at radius 2 is 1.55 bits per heavy atom. The van der Waals surface area contributed by atoms with Gasteiger partial charge in [0.2, 0.25) is 10.0 Å². The molecule has 22 heavy (non-hydrogen) atoms. The highest BCUT2D eigenvalue weighted by atomic mass is 32.2. The van der Waals surface area contributed by atoms with Gasteiger partial charge in [-0.05, 0) is 24.5 Å². The maximum atomic E-state index is 12.1. The van der Waals surface area contributed by atoms with E-state index in [9.17, 15) is 13.5 Å². The lowest BCUT2D eigenvalue weighted by Crippen LogP contribution is -2.39. The van der Waals surface area contributed by atoms with E-state index in [2.05, 4.69) is 4.72 Å². The van der Waals surface area contributed by atoms with Gasteiger partial charge in [0, 0.05) is 6.54 Å². The summed E-state index contributed by atoms with van der Waals surface area (Å²) >= 11 is 0. The lowest BCUT2D eigenvalue weighted by atomic mass is 9.97. The third kappa shape index (κ3) is 4.94. The van der Waals surface area contributed by atoms with E-state index in [-0.39, 0.29) is 12.3 Å². The van der Waals surface area contributed by atoms with Crippen LogP contribution in [-0.4, -0.2) is 25.8 Å². The van der Waals surface area contributed by atoms with Crippen LogP contribution in [0.5, 0.6) is 0 Å². The molecule has 4 nitrogen and oxygen atoms in total. The van der Waals surface area contributed by atoms with Gasteiger partial charge in [-0.2, -0.15) is 0 Å². The van der Waals surface area contributed by atoms with Crippen LogP contribution in [0.2, 0.25) is 0 Å². The van der Waals surface area contributed by atoms with Crippen LogP contribution in [0.3, 0.4) is 0 Å². The minimum atomic E-state index is -3.43. The van der Waals surface area contributed by atoms with Crippen molar-refractivity contribution < 1.29 is 13.5 Å². The van der Waals surface area contributed by atoms with Crippen LogP contribution in [0, 0.1) is 0 Å². The van der Waals surface area contributed by atoms with Crippen molar-refractivity contribution in [3.8, 4) is 0 Å². The second-order valence-electron chi connectivity index (χ2n) is 5.52. The number of rotatable bonds is 7. The van der Waals surface area contributed by atoms with E-state index in [1.165, 1.54) is 0 Å². The Morgan fingerprint density at radius 3 is 2.14 bits per heavy atom. The average Bonchev–Trinajstić information content (AvgIpc) is 2.53. The van der Waals surface area contributed by atoms with Crippen LogP contribution in [0.15, 0.2) is 60.7 Å². The minimum Gasteiger partial charge on any atom is -0.384 e. The smallest absolute Gasteiger partial charge is 0.212 e. The van der Waals surface area contributed by atoms with Crippen LogP contribution in [-0.2, 0) is 22.0 Å². The molecule has 0 radical (unpaired) electrons. The highest BCUT2D eigenvalue weighted by Crippen LogP contribution is 2.19. The molecule has 1 atom stereocenters. The molecule has 2 N–H and O–H groups in total. The monoisotopic (exact) mass is 319 g/mol. The van der Waals surface area contributed by atoms with E-state index >= 15 is 0 Å². The number of sulfonamides is 1. The fourth-order valence-corrected chi connectivity index (χ4v) is 3.27. The predicted octanol–water partition coefficient (Wildman–Crippen LogP) is 2.06. The molecule has 2 aromatic carbocycles. The molecular formula is C17H21NO3S. The van der Waals surface area contributed by atoms with Crippen molar-refractivity contribution in [3.05, 3.63) is 71.8 Å². The first-order valence-corrected chi connectivity index (χ1v) is 8.83.